The third-order valence-corrected chi connectivity index (χ3v) is 2.12. The average molecular weight is 174 g/mol. The fourth-order valence-corrected chi connectivity index (χ4v) is 1.34. The molecule has 4 heteroatoms. The van der Waals surface area contributed by atoms with E-state index in [4.69, 9.17) is 5.21 Å². The molecule has 0 radical (unpaired) electrons. The molecule has 0 saturated carbocycles. The highest BCUT2D eigenvalue weighted by molar-refractivity contribution is 8.15. The van der Waals surface area contributed by atoms with Crippen LogP contribution in [0, 0.1) is 0 Å². The van der Waals surface area contributed by atoms with Crippen LogP contribution in [0.2, 0.25) is 0 Å². The summed E-state index contributed by atoms with van der Waals surface area (Å²) >= 11 is 1.54. The van der Waals surface area contributed by atoms with Gasteiger partial charge in [-0.1, -0.05) is 30.8 Å². The molecule has 1 rings (SSSR count). The van der Waals surface area contributed by atoms with Crippen molar-refractivity contribution in [3.63, 3.8) is 0 Å². The highest BCUT2D eigenvalue weighted by Crippen LogP contribution is 2.10. The summed E-state index contributed by atoms with van der Waals surface area (Å²) in [6, 6.07) is 0. The van der Waals surface area contributed by atoms with E-state index >= 15 is 0 Å². The minimum absolute atomic E-state index is 0.654. The number of nitrogens with zero attached hydrogens (tertiary/aromatic N) is 2. The lowest BCUT2D eigenvalue weighted by atomic mass is 10.4. The second-order valence-electron chi connectivity index (χ2n) is 1.72. The first-order valence-corrected chi connectivity index (χ1v) is 4.69. The van der Waals surface area contributed by atoms with Crippen molar-refractivity contribution < 1.29 is 5.21 Å². The van der Waals surface area contributed by atoms with Gasteiger partial charge < -0.3 is 5.21 Å². The smallest absolute Gasteiger partial charge is 0.156 e. The van der Waals surface area contributed by atoms with Crippen molar-refractivity contribution in [1.82, 2.24) is 0 Å². The van der Waals surface area contributed by atoms with Crippen molar-refractivity contribution in [2.24, 2.45) is 10.1 Å². The Morgan fingerprint density at radius 3 is 2.55 bits per heavy atom. The maximum absolute atomic E-state index is 8.35. The second kappa shape index (κ2) is 6.22. The highest BCUT2D eigenvalue weighted by atomic mass is 32.2. The number of hydrogen-bond acceptors (Lipinski definition) is 4. The Balaban J connectivity index is 0.000000461. The van der Waals surface area contributed by atoms with Gasteiger partial charge in [0.1, 0.15) is 0 Å². The standard InChI is InChI=1S/C5H8N2OS.C2H6/c1-4-5(7-8)9-3-2-6-4;1-2/h8H,2-3H2,1H3;1-2H3/b7-5+;. The van der Waals surface area contributed by atoms with E-state index < -0.39 is 0 Å². The molecule has 1 N–H and O–H groups in total. The van der Waals surface area contributed by atoms with E-state index in [2.05, 4.69) is 10.1 Å². The summed E-state index contributed by atoms with van der Waals surface area (Å²) in [7, 11) is 0. The van der Waals surface area contributed by atoms with E-state index in [1.54, 1.807) is 11.8 Å². The molecule has 0 fully saturated rings. The van der Waals surface area contributed by atoms with Gasteiger partial charge in [0.15, 0.2) is 5.04 Å². The molecule has 0 aromatic heterocycles. The predicted molar refractivity (Wildman–Crippen MR) is 51.0 cm³/mol. The summed E-state index contributed by atoms with van der Waals surface area (Å²) in [5.74, 6) is 0.927. The topological polar surface area (TPSA) is 45.0 Å². The summed E-state index contributed by atoms with van der Waals surface area (Å²) in [4.78, 5) is 4.09. The molecule has 0 aromatic rings. The quantitative estimate of drug-likeness (QED) is 0.451. The monoisotopic (exact) mass is 174 g/mol. The molecule has 0 aliphatic carbocycles. The van der Waals surface area contributed by atoms with Gasteiger partial charge >= 0.3 is 0 Å². The average Bonchev–Trinajstić information content (AvgIpc) is 2.09. The molecule has 0 amide bonds. The molecule has 0 saturated heterocycles. The first-order chi connectivity index (χ1) is 5.34. The Morgan fingerprint density at radius 2 is 2.18 bits per heavy atom. The second-order valence-corrected chi connectivity index (χ2v) is 2.80. The van der Waals surface area contributed by atoms with Crippen molar-refractivity contribution in [1.29, 1.82) is 0 Å². The molecule has 0 bridgehead atoms. The molecular weight excluding hydrogens is 160 g/mol. The van der Waals surface area contributed by atoms with E-state index in [-0.39, 0.29) is 0 Å². The van der Waals surface area contributed by atoms with Gasteiger partial charge in [0.25, 0.3) is 0 Å². The summed E-state index contributed by atoms with van der Waals surface area (Å²) in [6.45, 7) is 6.69. The van der Waals surface area contributed by atoms with Crippen LogP contribution in [-0.4, -0.2) is 28.3 Å². The van der Waals surface area contributed by atoms with E-state index in [0.717, 1.165) is 18.0 Å². The van der Waals surface area contributed by atoms with Gasteiger partial charge in [-0.25, -0.2) is 0 Å². The van der Waals surface area contributed by atoms with Gasteiger partial charge in [-0.2, -0.15) is 0 Å². The number of oxime groups is 1. The molecule has 1 aliphatic heterocycles. The molecule has 0 aromatic carbocycles. The van der Waals surface area contributed by atoms with Crippen LogP contribution < -0.4 is 0 Å². The molecule has 1 aliphatic rings. The van der Waals surface area contributed by atoms with Gasteiger partial charge in [0.2, 0.25) is 0 Å². The minimum atomic E-state index is 0.654. The van der Waals surface area contributed by atoms with Crippen molar-refractivity contribution in [3.05, 3.63) is 0 Å². The van der Waals surface area contributed by atoms with Crippen LogP contribution in [0.4, 0.5) is 0 Å². The lowest BCUT2D eigenvalue weighted by Gasteiger charge is -2.07. The van der Waals surface area contributed by atoms with Crippen molar-refractivity contribution in [2.75, 3.05) is 12.3 Å². The number of hydrogen-bond donors (Lipinski definition) is 1. The maximum Gasteiger partial charge on any atom is 0.156 e. The first kappa shape index (κ1) is 10.5. The van der Waals surface area contributed by atoms with Crippen LogP contribution in [0.5, 0.6) is 0 Å². The minimum Gasteiger partial charge on any atom is -0.410 e. The fraction of sp³-hybridized carbons (Fsp3) is 0.714. The number of rotatable bonds is 0. The number of thioether (sulfide) groups is 1. The Kier molecular flexibility index (Phi) is 5.93. The fourth-order valence-electron chi connectivity index (χ4n) is 0.629. The van der Waals surface area contributed by atoms with Gasteiger partial charge in [-0.3, -0.25) is 4.99 Å². The van der Waals surface area contributed by atoms with E-state index in [1.807, 2.05) is 20.8 Å². The molecule has 0 atom stereocenters. The Morgan fingerprint density at radius 1 is 1.55 bits per heavy atom. The molecule has 0 unspecified atom stereocenters. The zero-order chi connectivity index (χ0) is 8.69. The maximum atomic E-state index is 8.35. The van der Waals surface area contributed by atoms with Crippen LogP contribution in [0.1, 0.15) is 20.8 Å². The van der Waals surface area contributed by atoms with E-state index in [0.29, 0.717) is 5.04 Å². The van der Waals surface area contributed by atoms with Gasteiger partial charge in [0.05, 0.1) is 5.71 Å². The SMILES string of the molecule is CC.CC1=NCCS/C1=N/O. The summed E-state index contributed by atoms with van der Waals surface area (Å²) < 4.78 is 0. The van der Waals surface area contributed by atoms with Gasteiger partial charge in [-0.05, 0) is 6.92 Å². The molecular formula is C7H14N2OS. The lowest BCUT2D eigenvalue weighted by molar-refractivity contribution is 0.321. The highest BCUT2D eigenvalue weighted by Gasteiger charge is 2.08. The summed E-state index contributed by atoms with van der Waals surface area (Å²) in [5.41, 5.74) is 0.841. The lowest BCUT2D eigenvalue weighted by Crippen LogP contribution is -2.13. The van der Waals surface area contributed by atoms with Crippen LogP contribution in [-0.2, 0) is 0 Å². The number of aliphatic imine (C=N–C) groups is 1. The van der Waals surface area contributed by atoms with Crippen molar-refractivity contribution >= 4 is 22.5 Å². The van der Waals surface area contributed by atoms with Gasteiger partial charge in [0, 0.05) is 12.3 Å². The van der Waals surface area contributed by atoms with Crippen molar-refractivity contribution in [3.8, 4) is 0 Å². The third-order valence-electron chi connectivity index (χ3n) is 1.08. The van der Waals surface area contributed by atoms with Crippen LogP contribution in [0.15, 0.2) is 10.1 Å². The zero-order valence-corrected chi connectivity index (χ0v) is 7.98. The van der Waals surface area contributed by atoms with E-state index in [9.17, 15) is 0 Å². The van der Waals surface area contributed by atoms with Crippen LogP contribution in [0.25, 0.3) is 0 Å². The largest absolute Gasteiger partial charge is 0.410 e. The molecule has 1 heterocycles. The molecule has 3 nitrogen and oxygen atoms in total. The summed E-state index contributed by atoms with van der Waals surface area (Å²) in [6.07, 6.45) is 0. The Hall–Kier alpha value is -0.510. The zero-order valence-electron chi connectivity index (χ0n) is 7.16. The van der Waals surface area contributed by atoms with Crippen molar-refractivity contribution in [2.45, 2.75) is 20.8 Å². The van der Waals surface area contributed by atoms with E-state index in [1.165, 1.54) is 0 Å². The normalized spacial score (nSPS) is 20.3. The predicted octanol–water partition coefficient (Wildman–Crippen LogP) is 2.01. The molecule has 64 valence electrons. The third kappa shape index (κ3) is 3.41. The van der Waals surface area contributed by atoms with Crippen LogP contribution in [0.3, 0.4) is 0 Å². The molecule has 11 heavy (non-hydrogen) atoms. The van der Waals surface area contributed by atoms with Gasteiger partial charge in [-0.15, -0.1) is 0 Å². The molecule has 0 spiro atoms. The Labute approximate surface area is 71.6 Å². The van der Waals surface area contributed by atoms with Crippen LogP contribution >= 0.6 is 11.8 Å². The summed E-state index contributed by atoms with van der Waals surface area (Å²) in [5, 5.41) is 12.1. The first-order valence-electron chi connectivity index (χ1n) is 3.71. The Bertz CT molecular complexity index is 166.